The van der Waals surface area contributed by atoms with Gasteiger partial charge in [0.15, 0.2) is 0 Å². The van der Waals surface area contributed by atoms with E-state index in [2.05, 4.69) is 10.6 Å². The summed E-state index contributed by atoms with van der Waals surface area (Å²) in [4.78, 5) is 43.7. The zero-order valence-corrected chi connectivity index (χ0v) is 11.3. The highest BCUT2D eigenvalue weighted by Crippen LogP contribution is 1.97. The van der Waals surface area contributed by atoms with Gasteiger partial charge in [-0.2, -0.15) is 0 Å². The fraction of sp³-hybridized carbons (Fsp3) is 0.667. The molecule has 114 valence electrons. The number of rotatable bonds is 11. The molecule has 0 aliphatic rings. The van der Waals surface area contributed by atoms with Crippen LogP contribution in [0.25, 0.3) is 0 Å². The van der Waals surface area contributed by atoms with E-state index in [1.807, 2.05) is 0 Å². The van der Waals surface area contributed by atoms with Crippen LogP contribution >= 0.6 is 0 Å². The number of amides is 2. The fourth-order valence-corrected chi connectivity index (χ4v) is 1.45. The molecule has 6 N–H and O–H groups in total. The Morgan fingerprint density at radius 1 is 1.20 bits per heavy atom. The minimum Gasteiger partial charge on any atom is -0.346 e. The SMILES string of the molecule is NCCCCC(N)C(=O)NCC(=O)NC(C=O)CC=O. The smallest absolute Gasteiger partial charge is 0.239 e. The average molecular weight is 286 g/mol. The van der Waals surface area contributed by atoms with E-state index in [9.17, 15) is 19.2 Å². The monoisotopic (exact) mass is 286 g/mol. The molecule has 0 aliphatic carbocycles. The Balaban J connectivity index is 3.95. The Morgan fingerprint density at radius 3 is 2.45 bits per heavy atom. The first-order valence-electron chi connectivity index (χ1n) is 6.46. The predicted octanol–water partition coefficient (Wildman–Crippen LogP) is -2.17. The fourth-order valence-electron chi connectivity index (χ4n) is 1.45. The van der Waals surface area contributed by atoms with Crippen LogP contribution in [0.2, 0.25) is 0 Å². The van der Waals surface area contributed by atoms with Crippen molar-refractivity contribution >= 4 is 24.4 Å². The molecule has 8 heteroatoms. The van der Waals surface area contributed by atoms with Crippen molar-refractivity contribution < 1.29 is 19.2 Å². The summed E-state index contributed by atoms with van der Waals surface area (Å²) >= 11 is 0. The molecular formula is C12H22N4O4. The maximum atomic E-state index is 11.5. The van der Waals surface area contributed by atoms with E-state index < -0.39 is 23.9 Å². The zero-order chi connectivity index (χ0) is 15.4. The molecule has 0 fully saturated rings. The molecule has 0 aromatic heterocycles. The van der Waals surface area contributed by atoms with Gasteiger partial charge in [0.2, 0.25) is 11.8 Å². The highest BCUT2D eigenvalue weighted by molar-refractivity contribution is 5.88. The molecule has 2 unspecified atom stereocenters. The van der Waals surface area contributed by atoms with Gasteiger partial charge in [0.05, 0.1) is 18.6 Å². The second kappa shape index (κ2) is 11.1. The van der Waals surface area contributed by atoms with Gasteiger partial charge in [0.25, 0.3) is 0 Å². The van der Waals surface area contributed by atoms with Crippen LogP contribution in [0.15, 0.2) is 0 Å². The summed E-state index contributed by atoms with van der Waals surface area (Å²) in [6.07, 6.45) is 2.92. The van der Waals surface area contributed by atoms with Crippen molar-refractivity contribution in [3.63, 3.8) is 0 Å². The number of hydrogen-bond acceptors (Lipinski definition) is 6. The minimum absolute atomic E-state index is 0.0954. The number of nitrogens with one attached hydrogen (secondary N) is 2. The van der Waals surface area contributed by atoms with E-state index in [0.717, 1.165) is 12.8 Å². The standard InChI is InChI=1S/C12H22N4O4/c13-5-2-1-3-10(14)12(20)15-7-11(19)16-9(8-18)4-6-17/h6,8-10H,1-5,7,13-14H2,(H,15,20)(H,16,19). The number of aldehydes is 2. The van der Waals surface area contributed by atoms with Crippen molar-refractivity contribution in [1.82, 2.24) is 10.6 Å². The molecule has 0 aliphatic heterocycles. The quantitative estimate of drug-likeness (QED) is 0.251. The van der Waals surface area contributed by atoms with Crippen molar-refractivity contribution in [2.45, 2.75) is 37.8 Å². The molecule has 20 heavy (non-hydrogen) atoms. The first-order valence-corrected chi connectivity index (χ1v) is 6.46. The Morgan fingerprint density at radius 2 is 1.90 bits per heavy atom. The number of hydrogen-bond donors (Lipinski definition) is 4. The largest absolute Gasteiger partial charge is 0.346 e. The number of nitrogens with two attached hydrogens (primary N) is 2. The molecule has 0 aromatic rings. The molecule has 0 bridgehead atoms. The molecule has 2 atom stereocenters. The van der Waals surface area contributed by atoms with Crippen LogP contribution in [0, 0.1) is 0 Å². The summed E-state index contributed by atoms with van der Waals surface area (Å²) in [5.41, 5.74) is 11.0. The lowest BCUT2D eigenvalue weighted by Gasteiger charge is -2.13. The van der Waals surface area contributed by atoms with Gasteiger partial charge in [-0.05, 0) is 19.4 Å². The van der Waals surface area contributed by atoms with Gasteiger partial charge in [-0.3, -0.25) is 9.59 Å². The summed E-state index contributed by atoms with van der Waals surface area (Å²) < 4.78 is 0. The van der Waals surface area contributed by atoms with Crippen molar-refractivity contribution in [3.05, 3.63) is 0 Å². The number of carbonyl (C=O) groups excluding carboxylic acids is 4. The molecule has 2 amide bonds. The number of carbonyl (C=O) groups is 4. The van der Waals surface area contributed by atoms with Gasteiger partial charge < -0.3 is 31.7 Å². The van der Waals surface area contributed by atoms with Gasteiger partial charge in [-0.1, -0.05) is 6.42 Å². The summed E-state index contributed by atoms with van der Waals surface area (Å²) in [5.74, 6) is -0.985. The minimum atomic E-state index is -0.866. The number of unbranched alkanes of at least 4 members (excludes halogenated alkanes) is 1. The summed E-state index contributed by atoms with van der Waals surface area (Å²) in [7, 11) is 0. The van der Waals surface area contributed by atoms with Crippen LogP contribution in [0.1, 0.15) is 25.7 Å². The highest BCUT2D eigenvalue weighted by atomic mass is 16.2. The molecule has 8 nitrogen and oxygen atoms in total. The van der Waals surface area contributed by atoms with Gasteiger partial charge in [-0.15, -0.1) is 0 Å². The molecule has 0 aromatic carbocycles. The lowest BCUT2D eigenvalue weighted by Crippen LogP contribution is -2.47. The second-order valence-corrected chi connectivity index (χ2v) is 4.32. The maximum Gasteiger partial charge on any atom is 0.239 e. The van der Waals surface area contributed by atoms with Gasteiger partial charge in [0.1, 0.15) is 12.6 Å². The van der Waals surface area contributed by atoms with Crippen LogP contribution in [0.4, 0.5) is 0 Å². The third kappa shape index (κ3) is 8.33. The maximum absolute atomic E-state index is 11.5. The van der Waals surface area contributed by atoms with Crippen molar-refractivity contribution in [2.24, 2.45) is 11.5 Å². The van der Waals surface area contributed by atoms with Crippen LogP contribution < -0.4 is 22.1 Å². The second-order valence-electron chi connectivity index (χ2n) is 4.32. The molecule has 0 saturated carbocycles. The predicted molar refractivity (Wildman–Crippen MR) is 72.6 cm³/mol. The Labute approximate surface area is 117 Å². The Kier molecular flexibility index (Phi) is 10.1. The van der Waals surface area contributed by atoms with E-state index in [0.29, 0.717) is 25.5 Å². The molecule has 0 saturated heterocycles. The van der Waals surface area contributed by atoms with E-state index in [1.54, 1.807) is 0 Å². The average Bonchev–Trinajstić information content (AvgIpc) is 2.44. The first-order chi connectivity index (χ1) is 9.54. The Hall–Kier alpha value is -1.80. The van der Waals surface area contributed by atoms with Crippen molar-refractivity contribution in [3.8, 4) is 0 Å². The molecule has 0 rings (SSSR count). The van der Waals surface area contributed by atoms with Gasteiger partial charge in [-0.25, -0.2) is 0 Å². The molecule has 0 heterocycles. The van der Waals surface area contributed by atoms with E-state index in [-0.39, 0.29) is 13.0 Å². The summed E-state index contributed by atoms with van der Waals surface area (Å²) in [5, 5.41) is 4.67. The van der Waals surface area contributed by atoms with Crippen molar-refractivity contribution in [2.75, 3.05) is 13.1 Å². The molecule has 0 radical (unpaired) electrons. The Bertz CT molecular complexity index is 335. The topological polar surface area (TPSA) is 144 Å². The van der Waals surface area contributed by atoms with Crippen LogP contribution in [-0.2, 0) is 19.2 Å². The summed E-state index contributed by atoms with van der Waals surface area (Å²) in [6, 6.07) is -1.55. The molecular weight excluding hydrogens is 264 g/mol. The normalized spacial score (nSPS) is 13.1. The van der Waals surface area contributed by atoms with E-state index in [4.69, 9.17) is 11.5 Å². The van der Waals surface area contributed by atoms with Crippen LogP contribution in [0.5, 0.6) is 0 Å². The lowest BCUT2D eigenvalue weighted by atomic mass is 10.1. The third-order valence-corrected chi connectivity index (χ3v) is 2.59. The van der Waals surface area contributed by atoms with Gasteiger partial charge in [0, 0.05) is 6.42 Å². The van der Waals surface area contributed by atoms with Crippen molar-refractivity contribution in [1.29, 1.82) is 0 Å². The summed E-state index contributed by atoms with van der Waals surface area (Å²) in [6.45, 7) is 0.257. The van der Waals surface area contributed by atoms with E-state index in [1.165, 1.54) is 0 Å². The van der Waals surface area contributed by atoms with Crippen LogP contribution in [0.3, 0.4) is 0 Å². The lowest BCUT2D eigenvalue weighted by molar-refractivity contribution is -0.128. The third-order valence-electron chi connectivity index (χ3n) is 2.59. The first kappa shape index (κ1) is 18.2. The zero-order valence-electron chi connectivity index (χ0n) is 11.3. The van der Waals surface area contributed by atoms with E-state index >= 15 is 0 Å². The van der Waals surface area contributed by atoms with Crippen LogP contribution in [-0.4, -0.2) is 49.6 Å². The molecule has 0 spiro atoms. The highest BCUT2D eigenvalue weighted by Gasteiger charge is 2.15. The van der Waals surface area contributed by atoms with Gasteiger partial charge >= 0.3 is 0 Å².